The molecular formula is C18H25N5O3S. The molecule has 8 nitrogen and oxygen atoms in total. The number of hydrogen-bond acceptors (Lipinski definition) is 5. The highest BCUT2D eigenvalue weighted by Gasteiger charge is 2.29. The molecule has 1 fully saturated rings. The molecule has 0 atom stereocenters. The minimum Gasteiger partial charge on any atom is -0.346 e. The Hall–Kier alpha value is -2.26. The summed E-state index contributed by atoms with van der Waals surface area (Å²) in [5, 5.41) is 10.3. The molecule has 0 bridgehead atoms. The largest absolute Gasteiger partial charge is 0.346 e. The van der Waals surface area contributed by atoms with Crippen LogP contribution in [0.25, 0.3) is 0 Å². The molecule has 1 aromatic heterocycles. The topological polar surface area (TPSA) is 97.2 Å². The number of carbonyl (C=O) groups excluding carboxylic acids is 1. The van der Waals surface area contributed by atoms with Gasteiger partial charge in [0.2, 0.25) is 10.0 Å². The summed E-state index contributed by atoms with van der Waals surface area (Å²) in [5.74, 6) is -0.339. The summed E-state index contributed by atoms with van der Waals surface area (Å²) >= 11 is 0. The molecule has 1 N–H and O–H groups in total. The third-order valence-electron chi connectivity index (χ3n) is 5.10. The molecule has 0 spiro atoms. The molecule has 1 heterocycles. The fraction of sp³-hybridized carbons (Fsp3) is 0.500. The van der Waals surface area contributed by atoms with Gasteiger partial charge in [-0.2, -0.15) is 4.31 Å². The first-order valence-electron chi connectivity index (χ1n) is 9.09. The summed E-state index contributed by atoms with van der Waals surface area (Å²) in [6, 6.07) is 6.21. The van der Waals surface area contributed by atoms with Crippen LogP contribution in [0.4, 0.5) is 0 Å². The fourth-order valence-corrected chi connectivity index (χ4v) is 4.81. The minimum absolute atomic E-state index is 0.0265. The molecule has 1 aliphatic rings. The average molecular weight is 391 g/mol. The molecule has 1 saturated carbocycles. The van der Waals surface area contributed by atoms with E-state index in [2.05, 4.69) is 15.6 Å². The van der Waals surface area contributed by atoms with Crippen LogP contribution < -0.4 is 5.32 Å². The molecular weight excluding hydrogens is 366 g/mol. The Balaban J connectivity index is 1.73. The summed E-state index contributed by atoms with van der Waals surface area (Å²) in [7, 11) is -0.259. The predicted molar refractivity (Wildman–Crippen MR) is 100 cm³/mol. The van der Waals surface area contributed by atoms with Crippen LogP contribution in [0.1, 0.15) is 48.2 Å². The van der Waals surface area contributed by atoms with Gasteiger partial charge in [0, 0.05) is 25.7 Å². The van der Waals surface area contributed by atoms with E-state index >= 15 is 0 Å². The number of nitrogens with zero attached hydrogens (tertiary/aromatic N) is 4. The highest BCUT2D eigenvalue weighted by Crippen LogP contribution is 2.26. The molecule has 0 saturated heterocycles. The average Bonchev–Trinajstić information content (AvgIpc) is 3.11. The number of rotatable bonds is 6. The smallest absolute Gasteiger partial charge is 0.251 e. The van der Waals surface area contributed by atoms with Crippen molar-refractivity contribution in [2.75, 3.05) is 7.05 Å². The van der Waals surface area contributed by atoms with Crippen molar-refractivity contribution in [3.05, 3.63) is 41.7 Å². The summed E-state index contributed by atoms with van der Waals surface area (Å²) < 4.78 is 29.0. The van der Waals surface area contributed by atoms with Crippen molar-refractivity contribution in [3.8, 4) is 0 Å². The molecule has 1 aliphatic carbocycles. The zero-order valence-corrected chi connectivity index (χ0v) is 16.4. The van der Waals surface area contributed by atoms with E-state index < -0.39 is 10.0 Å². The summed E-state index contributed by atoms with van der Waals surface area (Å²) in [4.78, 5) is 12.6. The quantitative estimate of drug-likeness (QED) is 0.808. The van der Waals surface area contributed by atoms with Gasteiger partial charge in [-0.1, -0.05) is 30.5 Å². The van der Waals surface area contributed by atoms with E-state index in [4.69, 9.17) is 0 Å². The second kappa shape index (κ2) is 8.18. The molecule has 1 amide bonds. The molecule has 27 heavy (non-hydrogen) atoms. The van der Waals surface area contributed by atoms with E-state index in [0.29, 0.717) is 5.56 Å². The lowest BCUT2D eigenvalue weighted by molar-refractivity contribution is 0.0950. The Morgan fingerprint density at radius 3 is 2.70 bits per heavy atom. The molecule has 0 unspecified atom stereocenters. The maximum absolute atomic E-state index is 13.0. The number of nitrogens with one attached hydrogen (secondary N) is 1. The maximum atomic E-state index is 13.0. The normalized spacial score (nSPS) is 15.8. The van der Waals surface area contributed by atoms with Gasteiger partial charge in [0.25, 0.3) is 5.91 Å². The highest BCUT2D eigenvalue weighted by atomic mass is 32.2. The third kappa shape index (κ3) is 4.36. The van der Waals surface area contributed by atoms with Crippen LogP contribution in [-0.2, 0) is 23.6 Å². The number of carbonyl (C=O) groups is 1. The second-order valence-corrected chi connectivity index (χ2v) is 8.87. The lowest BCUT2D eigenvalue weighted by Gasteiger charge is -2.30. The number of sulfonamides is 1. The molecule has 0 radical (unpaired) electrons. The number of benzene rings is 1. The zero-order valence-electron chi connectivity index (χ0n) is 15.6. The van der Waals surface area contributed by atoms with Gasteiger partial charge in [-0.25, -0.2) is 8.42 Å². The third-order valence-corrected chi connectivity index (χ3v) is 7.01. The Labute approximate surface area is 159 Å². The van der Waals surface area contributed by atoms with Crippen LogP contribution >= 0.6 is 0 Å². The van der Waals surface area contributed by atoms with Crippen molar-refractivity contribution in [3.63, 3.8) is 0 Å². The fourth-order valence-electron chi connectivity index (χ4n) is 3.35. The van der Waals surface area contributed by atoms with Crippen molar-refractivity contribution >= 4 is 15.9 Å². The monoisotopic (exact) mass is 391 g/mol. The van der Waals surface area contributed by atoms with E-state index in [1.165, 1.54) is 16.4 Å². The van der Waals surface area contributed by atoms with Crippen LogP contribution in [0.15, 0.2) is 35.4 Å². The van der Waals surface area contributed by atoms with Crippen molar-refractivity contribution in [2.45, 2.75) is 49.6 Å². The predicted octanol–water partition coefficient (Wildman–Crippen LogP) is 1.70. The van der Waals surface area contributed by atoms with Gasteiger partial charge in [0.15, 0.2) is 0 Å². The summed E-state index contributed by atoms with van der Waals surface area (Å²) in [6.45, 7) is 0.265. The minimum atomic E-state index is -3.63. The van der Waals surface area contributed by atoms with E-state index in [1.54, 1.807) is 37.1 Å². The number of hydrogen-bond donors (Lipinski definition) is 1. The summed E-state index contributed by atoms with van der Waals surface area (Å²) in [6.07, 6.45) is 6.60. The molecule has 1 aromatic carbocycles. The van der Waals surface area contributed by atoms with Crippen molar-refractivity contribution < 1.29 is 13.2 Å². The number of aromatic nitrogens is 3. The van der Waals surface area contributed by atoms with Crippen molar-refractivity contribution in [1.29, 1.82) is 0 Å². The van der Waals surface area contributed by atoms with Crippen LogP contribution in [0, 0.1) is 0 Å². The zero-order chi connectivity index (χ0) is 19.4. The van der Waals surface area contributed by atoms with Gasteiger partial charge in [0.05, 0.1) is 23.3 Å². The molecule has 9 heteroatoms. The lowest BCUT2D eigenvalue weighted by Crippen LogP contribution is -2.38. The second-order valence-electron chi connectivity index (χ2n) is 6.87. The Morgan fingerprint density at radius 2 is 2.04 bits per heavy atom. The van der Waals surface area contributed by atoms with Gasteiger partial charge in [-0.05, 0) is 31.0 Å². The first-order valence-corrected chi connectivity index (χ1v) is 10.5. The maximum Gasteiger partial charge on any atom is 0.251 e. The van der Waals surface area contributed by atoms with Gasteiger partial charge in [0.1, 0.15) is 0 Å². The Morgan fingerprint density at radius 1 is 1.30 bits per heavy atom. The van der Waals surface area contributed by atoms with Gasteiger partial charge in [-0.15, -0.1) is 5.10 Å². The van der Waals surface area contributed by atoms with Crippen LogP contribution in [-0.4, -0.2) is 46.7 Å². The molecule has 3 rings (SSSR count). The van der Waals surface area contributed by atoms with E-state index in [0.717, 1.165) is 37.8 Å². The van der Waals surface area contributed by atoms with Crippen molar-refractivity contribution in [1.82, 2.24) is 24.6 Å². The van der Waals surface area contributed by atoms with Crippen LogP contribution in [0.3, 0.4) is 0 Å². The molecule has 0 aliphatic heterocycles. The van der Waals surface area contributed by atoms with E-state index in [-0.39, 0.29) is 23.4 Å². The number of aryl methyl sites for hydroxylation is 1. The molecule has 2 aromatic rings. The highest BCUT2D eigenvalue weighted by molar-refractivity contribution is 7.89. The Kier molecular flexibility index (Phi) is 5.91. The standard InChI is InChI=1S/C18H25N5O3S/c1-22-16(13-20-21-22)12-19-18(24)14-7-6-10-17(11-14)27(25,26)23(2)15-8-4-3-5-9-15/h6-7,10-11,13,15H,3-5,8-9,12H2,1-2H3,(H,19,24). The first kappa shape index (κ1) is 19.5. The van der Waals surface area contributed by atoms with Gasteiger partial charge >= 0.3 is 0 Å². The Bertz CT molecular complexity index is 903. The van der Waals surface area contributed by atoms with E-state index in [1.807, 2.05) is 0 Å². The summed E-state index contributed by atoms with van der Waals surface area (Å²) in [5.41, 5.74) is 1.06. The van der Waals surface area contributed by atoms with Gasteiger partial charge in [-0.3, -0.25) is 9.48 Å². The number of amides is 1. The van der Waals surface area contributed by atoms with Gasteiger partial charge < -0.3 is 5.32 Å². The molecule has 146 valence electrons. The lowest BCUT2D eigenvalue weighted by atomic mass is 9.96. The first-order chi connectivity index (χ1) is 12.9. The van der Waals surface area contributed by atoms with Crippen molar-refractivity contribution in [2.24, 2.45) is 7.05 Å². The van der Waals surface area contributed by atoms with Crippen LogP contribution in [0.2, 0.25) is 0 Å². The van der Waals surface area contributed by atoms with Crippen LogP contribution in [0.5, 0.6) is 0 Å². The van der Waals surface area contributed by atoms with E-state index in [9.17, 15) is 13.2 Å². The SMILES string of the molecule is CN(C1CCCCC1)S(=O)(=O)c1cccc(C(=O)NCc2cnnn2C)c1.